The summed E-state index contributed by atoms with van der Waals surface area (Å²) >= 11 is 1.60. The van der Waals surface area contributed by atoms with Crippen LogP contribution in [0.15, 0.2) is 46.7 Å². The van der Waals surface area contributed by atoms with Crippen LogP contribution in [0.5, 0.6) is 0 Å². The highest BCUT2D eigenvalue weighted by Gasteiger charge is 2.32. The highest BCUT2D eigenvalue weighted by Crippen LogP contribution is 2.34. The molecule has 2 heterocycles. The maximum absolute atomic E-state index is 13.0. The summed E-state index contributed by atoms with van der Waals surface area (Å²) < 4.78 is 39.1. The van der Waals surface area contributed by atoms with E-state index < -0.39 is 15.8 Å². The monoisotopic (exact) mass is 382 g/mol. The van der Waals surface area contributed by atoms with Crippen LogP contribution in [0.2, 0.25) is 0 Å². The smallest absolute Gasteiger partial charge is 0.243 e. The third-order valence-corrected chi connectivity index (χ3v) is 7.12. The van der Waals surface area contributed by atoms with Crippen LogP contribution in [-0.2, 0) is 14.8 Å². The van der Waals surface area contributed by atoms with Gasteiger partial charge in [0.1, 0.15) is 5.82 Å². The highest BCUT2D eigenvalue weighted by molar-refractivity contribution is 7.89. The van der Waals surface area contributed by atoms with Crippen molar-refractivity contribution in [3.63, 3.8) is 0 Å². The highest BCUT2D eigenvalue weighted by atomic mass is 32.2. The lowest BCUT2D eigenvalue weighted by Gasteiger charge is -2.26. The van der Waals surface area contributed by atoms with E-state index in [0.717, 1.165) is 34.2 Å². The quantitative estimate of drug-likeness (QED) is 0.799. The molecule has 1 atom stereocenters. The van der Waals surface area contributed by atoms with Crippen LogP contribution in [0.3, 0.4) is 0 Å². The minimum Gasteiger partial charge on any atom is -0.334 e. The van der Waals surface area contributed by atoms with Gasteiger partial charge in [-0.2, -0.15) is 4.31 Å². The van der Waals surface area contributed by atoms with Gasteiger partial charge in [0, 0.05) is 18.5 Å². The molecule has 1 unspecified atom stereocenters. The molecule has 0 spiro atoms. The van der Waals surface area contributed by atoms with Crippen molar-refractivity contribution in [1.82, 2.24) is 9.21 Å². The Morgan fingerprint density at radius 1 is 1.32 bits per heavy atom. The van der Waals surface area contributed by atoms with Gasteiger partial charge in [-0.05, 0) is 48.6 Å². The number of amides is 1. The van der Waals surface area contributed by atoms with Crippen LogP contribution < -0.4 is 0 Å². The van der Waals surface area contributed by atoms with E-state index in [4.69, 9.17) is 0 Å². The average Bonchev–Trinajstić information content (AvgIpc) is 3.26. The molecule has 1 saturated heterocycles. The summed E-state index contributed by atoms with van der Waals surface area (Å²) in [5, 5.41) is 1.97. The Kier molecular flexibility index (Phi) is 5.21. The summed E-state index contributed by atoms with van der Waals surface area (Å²) in [7, 11) is -2.46. The second kappa shape index (κ2) is 7.23. The van der Waals surface area contributed by atoms with E-state index in [1.54, 1.807) is 16.2 Å². The van der Waals surface area contributed by atoms with Gasteiger partial charge in [0.05, 0.1) is 17.5 Å². The summed E-state index contributed by atoms with van der Waals surface area (Å²) in [6.07, 6.45) is 1.80. The first-order valence-electron chi connectivity index (χ1n) is 7.94. The van der Waals surface area contributed by atoms with Gasteiger partial charge >= 0.3 is 0 Å². The molecule has 5 nitrogen and oxygen atoms in total. The lowest BCUT2D eigenvalue weighted by atomic mass is 10.2. The number of sulfonamides is 1. The summed E-state index contributed by atoms with van der Waals surface area (Å²) in [6, 6.07) is 8.57. The van der Waals surface area contributed by atoms with Crippen molar-refractivity contribution in [2.45, 2.75) is 23.8 Å². The largest absolute Gasteiger partial charge is 0.334 e. The molecule has 0 saturated carbocycles. The summed E-state index contributed by atoms with van der Waals surface area (Å²) in [5.74, 6) is -0.724. The van der Waals surface area contributed by atoms with E-state index in [9.17, 15) is 17.6 Å². The van der Waals surface area contributed by atoms with Gasteiger partial charge in [0.25, 0.3) is 0 Å². The predicted octanol–water partition coefficient (Wildman–Crippen LogP) is 2.87. The molecule has 1 aromatic carbocycles. The van der Waals surface area contributed by atoms with Crippen LogP contribution in [0.1, 0.15) is 23.8 Å². The zero-order valence-corrected chi connectivity index (χ0v) is 15.4. The molecule has 1 amide bonds. The zero-order valence-electron chi connectivity index (χ0n) is 13.8. The van der Waals surface area contributed by atoms with E-state index in [-0.39, 0.29) is 23.4 Å². The molecule has 0 N–H and O–H groups in total. The fourth-order valence-corrected chi connectivity index (χ4v) is 4.99. The third-order valence-electron chi connectivity index (χ3n) is 4.32. The summed E-state index contributed by atoms with van der Waals surface area (Å²) in [5.41, 5.74) is 0. The second-order valence-electron chi connectivity index (χ2n) is 5.98. The number of carbonyl (C=O) groups excluding carboxylic acids is 1. The number of benzene rings is 1. The molecule has 1 aliphatic heterocycles. The first kappa shape index (κ1) is 18.0. The van der Waals surface area contributed by atoms with Gasteiger partial charge in [-0.3, -0.25) is 4.79 Å². The number of thiophene rings is 1. The normalized spacial score (nSPS) is 18.0. The van der Waals surface area contributed by atoms with E-state index in [2.05, 4.69) is 0 Å². The van der Waals surface area contributed by atoms with Crippen LogP contribution in [-0.4, -0.2) is 43.7 Å². The number of carbonyl (C=O) groups is 1. The van der Waals surface area contributed by atoms with Gasteiger partial charge in [-0.15, -0.1) is 11.3 Å². The Hall–Kier alpha value is -1.77. The van der Waals surface area contributed by atoms with Gasteiger partial charge in [-0.25, -0.2) is 12.8 Å². The first-order chi connectivity index (χ1) is 11.9. The molecule has 8 heteroatoms. The fourth-order valence-electron chi connectivity index (χ4n) is 2.99. The Bertz CT molecular complexity index is 835. The van der Waals surface area contributed by atoms with Crippen LogP contribution in [0.4, 0.5) is 4.39 Å². The molecule has 1 aliphatic rings. The molecular formula is C17H19FN2O3S2. The van der Waals surface area contributed by atoms with Crippen LogP contribution in [0, 0.1) is 5.82 Å². The molecule has 25 heavy (non-hydrogen) atoms. The lowest BCUT2D eigenvalue weighted by Crippen LogP contribution is -2.40. The van der Waals surface area contributed by atoms with E-state index in [0.29, 0.717) is 6.54 Å². The topological polar surface area (TPSA) is 57.7 Å². The average molecular weight is 382 g/mol. The van der Waals surface area contributed by atoms with Crippen molar-refractivity contribution < 1.29 is 17.6 Å². The number of nitrogens with zero attached hydrogens (tertiary/aromatic N) is 2. The van der Waals surface area contributed by atoms with Crippen molar-refractivity contribution in [2.75, 3.05) is 20.1 Å². The molecule has 0 aliphatic carbocycles. The standard InChI is InChI=1S/C17H19FN2O3S2/c1-19(25(22,23)14-8-6-13(18)7-9-14)12-17(21)20-10-2-4-15(20)16-5-3-11-24-16/h3,5-9,11,15H,2,4,10,12H2,1H3. The molecule has 2 aromatic rings. The van der Waals surface area contributed by atoms with E-state index in [1.807, 2.05) is 17.5 Å². The molecule has 0 radical (unpaired) electrons. The van der Waals surface area contributed by atoms with E-state index in [1.165, 1.54) is 19.2 Å². The van der Waals surface area contributed by atoms with Gasteiger partial charge in [0.2, 0.25) is 15.9 Å². The number of rotatable bonds is 5. The molecule has 1 aromatic heterocycles. The lowest BCUT2D eigenvalue weighted by molar-refractivity contribution is -0.132. The predicted molar refractivity (Wildman–Crippen MR) is 94.2 cm³/mol. The van der Waals surface area contributed by atoms with Crippen molar-refractivity contribution >= 4 is 27.3 Å². The van der Waals surface area contributed by atoms with Gasteiger partial charge < -0.3 is 4.90 Å². The maximum atomic E-state index is 13.0. The van der Waals surface area contributed by atoms with Crippen LogP contribution in [0.25, 0.3) is 0 Å². The number of hydrogen-bond acceptors (Lipinski definition) is 4. The minimum absolute atomic E-state index is 0.0226. The Balaban J connectivity index is 1.72. The summed E-state index contributed by atoms with van der Waals surface area (Å²) in [4.78, 5) is 15.5. The van der Waals surface area contributed by atoms with Gasteiger partial charge in [0.15, 0.2) is 0 Å². The molecule has 134 valence electrons. The van der Waals surface area contributed by atoms with E-state index >= 15 is 0 Å². The molecular weight excluding hydrogens is 363 g/mol. The molecule has 3 rings (SSSR count). The SMILES string of the molecule is CN(CC(=O)N1CCCC1c1cccs1)S(=O)(=O)c1ccc(F)cc1. The number of likely N-dealkylation sites (N-methyl/N-ethyl adjacent to an activating group) is 1. The minimum atomic E-state index is -3.83. The number of likely N-dealkylation sites (tertiary alicyclic amines) is 1. The third kappa shape index (κ3) is 3.75. The Morgan fingerprint density at radius 3 is 2.68 bits per heavy atom. The number of halogens is 1. The molecule has 0 bridgehead atoms. The van der Waals surface area contributed by atoms with Gasteiger partial charge in [-0.1, -0.05) is 6.07 Å². The zero-order chi connectivity index (χ0) is 18.0. The summed E-state index contributed by atoms with van der Waals surface area (Å²) in [6.45, 7) is 0.396. The Morgan fingerprint density at radius 2 is 2.04 bits per heavy atom. The van der Waals surface area contributed by atoms with Crippen molar-refractivity contribution in [1.29, 1.82) is 0 Å². The number of hydrogen-bond donors (Lipinski definition) is 0. The Labute approximate surface area is 150 Å². The first-order valence-corrected chi connectivity index (χ1v) is 10.3. The van der Waals surface area contributed by atoms with Crippen molar-refractivity contribution in [3.05, 3.63) is 52.5 Å². The second-order valence-corrected chi connectivity index (χ2v) is 9.00. The maximum Gasteiger partial charge on any atom is 0.243 e. The van der Waals surface area contributed by atoms with Crippen LogP contribution >= 0.6 is 11.3 Å². The fraction of sp³-hybridized carbons (Fsp3) is 0.353. The van der Waals surface area contributed by atoms with Crippen molar-refractivity contribution in [2.24, 2.45) is 0 Å². The molecule has 1 fully saturated rings. The van der Waals surface area contributed by atoms with Crippen molar-refractivity contribution in [3.8, 4) is 0 Å².